The first-order valence-corrected chi connectivity index (χ1v) is 11.4. The third kappa shape index (κ3) is 4.65. The van der Waals surface area contributed by atoms with Gasteiger partial charge in [0.1, 0.15) is 0 Å². The number of nitrogens with one attached hydrogen (secondary N) is 1. The number of hydrogen-bond acceptors (Lipinski definition) is 4. The molecule has 156 valence electrons. The Labute approximate surface area is 185 Å². The molecule has 1 aliphatic rings. The topological polar surface area (TPSA) is 62.3 Å². The van der Waals surface area contributed by atoms with Gasteiger partial charge in [-0.3, -0.25) is 9.59 Å². The van der Waals surface area contributed by atoms with Gasteiger partial charge in [-0.2, -0.15) is 0 Å². The zero-order valence-corrected chi connectivity index (χ0v) is 18.4. The molecule has 0 atom stereocenters. The Hall–Kier alpha value is -2.44. The molecule has 2 heterocycles. The molecular formula is C23H24ClN3O2S. The van der Waals surface area contributed by atoms with Crippen molar-refractivity contribution in [3.05, 3.63) is 63.6 Å². The van der Waals surface area contributed by atoms with Gasteiger partial charge in [0.2, 0.25) is 5.91 Å². The van der Waals surface area contributed by atoms with Crippen molar-refractivity contribution in [2.24, 2.45) is 0 Å². The van der Waals surface area contributed by atoms with E-state index in [1.54, 1.807) is 17.4 Å². The van der Waals surface area contributed by atoms with Gasteiger partial charge in [0.15, 0.2) is 0 Å². The molecule has 30 heavy (non-hydrogen) atoms. The van der Waals surface area contributed by atoms with Crippen LogP contribution in [0.4, 0.5) is 0 Å². The second-order valence-corrected chi connectivity index (χ2v) is 9.14. The maximum Gasteiger partial charge on any atom is 0.251 e. The third-order valence-corrected chi connectivity index (χ3v) is 7.01. The van der Waals surface area contributed by atoms with Gasteiger partial charge in [0.05, 0.1) is 15.2 Å². The lowest BCUT2D eigenvalue weighted by atomic mass is 9.97. The third-order valence-electron chi connectivity index (χ3n) is 5.58. The molecule has 1 N–H and O–H groups in total. The van der Waals surface area contributed by atoms with Crippen molar-refractivity contribution in [2.75, 3.05) is 19.6 Å². The molecule has 3 aromatic rings. The fourth-order valence-corrected chi connectivity index (χ4v) is 5.12. The monoisotopic (exact) mass is 441 g/mol. The molecule has 1 saturated heterocycles. The molecule has 0 saturated carbocycles. The predicted octanol–water partition coefficient (Wildman–Crippen LogP) is 4.78. The fraction of sp³-hybridized carbons (Fsp3) is 0.348. The van der Waals surface area contributed by atoms with Crippen molar-refractivity contribution < 1.29 is 9.59 Å². The summed E-state index contributed by atoms with van der Waals surface area (Å²) in [6, 6.07) is 13.3. The SMILES string of the molecule is Cc1ccccc1C(=O)NCCC(=O)N1CCC(c2nc3cc(Cl)ccc3s2)CC1. The molecule has 1 aliphatic heterocycles. The summed E-state index contributed by atoms with van der Waals surface area (Å²) in [5.74, 6) is 0.344. The van der Waals surface area contributed by atoms with E-state index in [-0.39, 0.29) is 11.8 Å². The van der Waals surface area contributed by atoms with Crippen LogP contribution in [0.5, 0.6) is 0 Å². The van der Waals surface area contributed by atoms with Crippen LogP contribution in [0, 0.1) is 6.92 Å². The molecule has 0 aliphatic carbocycles. The molecule has 2 aromatic carbocycles. The van der Waals surface area contributed by atoms with Gasteiger partial charge in [-0.05, 0) is 49.6 Å². The molecule has 0 radical (unpaired) electrons. The number of nitrogens with zero attached hydrogens (tertiary/aromatic N) is 2. The van der Waals surface area contributed by atoms with Crippen LogP contribution in [0.2, 0.25) is 5.02 Å². The number of carbonyl (C=O) groups is 2. The van der Waals surface area contributed by atoms with Crippen LogP contribution in [0.15, 0.2) is 42.5 Å². The first kappa shape index (κ1) is 20.8. The minimum atomic E-state index is -0.129. The van der Waals surface area contributed by atoms with Crippen LogP contribution in [0.3, 0.4) is 0 Å². The van der Waals surface area contributed by atoms with Gasteiger partial charge in [-0.25, -0.2) is 4.98 Å². The van der Waals surface area contributed by atoms with E-state index in [1.807, 2.05) is 48.2 Å². The van der Waals surface area contributed by atoms with Gasteiger partial charge in [-0.15, -0.1) is 11.3 Å². The molecular weight excluding hydrogens is 418 g/mol. The molecule has 0 spiro atoms. The van der Waals surface area contributed by atoms with Crippen molar-refractivity contribution in [3.63, 3.8) is 0 Å². The number of piperidine rings is 1. The van der Waals surface area contributed by atoms with E-state index in [0.717, 1.165) is 46.7 Å². The van der Waals surface area contributed by atoms with Crippen LogP contribution in [-0.2, 0) is 4.79 Å². The second-order valence-electron chi connectivity index (χ2n) is 7.64. The van der Waals surface area contributed by atoms with Crippen LogP contribution in [0.25, 0.3) is 10.2 Å². The predicted molar refractivity (Wildman–Crippen MR) is 121 cm³/mol. The smallest absolute Gasteiger partial charge is 0.251 e. The average Bonchev–Trinajstić information content (AvgIpc) is 3.17. The molecule has 2 amide bonds. The summed E-state index contributed by atoms with van der Waals surface area (Å²) in [5.41, 5.74) is 2.54. The number of thiazole rings is 1. The number of aromatic nitrogens is 1. The highest BCUT2D eigenvalue weighted by atomic mass is 35.5. The zero-order chi connectivity index (χ0) is 21.1. The van der Waals surface area contributed by atoms with Crippen LogP contribution in [-0.4, -0.2) is 41.3 Å². The number of hydrogen-bond donors (Lipinski definition) is 1. The average molecular weight is 442 g/mol. The number of carbonyl (C=O) groups excluding carboxylic acids is 2. The minimum absolute atomic E-state index is 0.0922. The van der Waals surface area contributed by atoms with Gasteiger partial charge in [0.25, 0.3) is 5.91 Å². The summed E-state index contributed by atoms with van der Waals surface area (Å²) in [4.78, 5) is 31.5. The number of rotatable bonds is 5. The van der Waals surface area contributed by atoms with Crippen molar-refractivity contribution in [3.8, 4) is 0 Å². The van der Waals surface area contributed by atoms with E-state index < -0.39 is 0 Å². The summed E-state index contributed by atoms with van der Waals surface area (Å²) in [6.45, 7) is 3.71. The number of aryl methyl sites for hydroxylation is 1. The molecule has 4 rings (SSSR count). The standard InChI is InChI=1S/C23H24ClN3O2S/c1-15-4-2-3-5-18(15)22(29)25-11-8-21(28)27-12-9-16(10-13-27)23-26-19-14-17(24)6-7-20(19)30-23/h2-7,14,16H,8-13H2,1H3,(H,25,29). The number of benzene rings is 2. The minimum Gasteiger partial charge on any atom is -0.352 e. The Morgan fingerprint density at radius 3 is 2.73 bits per heavy atom. The fourth-order valence-electron chi connectivity index (χ4n) is 3.83. The summed E-state index contributed by atoms with van der Waals surface area (Å²) >= 11 is 7.78. The molecule has 5 nitrogen and oxygen atoms in total. The van der Waals surface area contributed by atoms with Gasteiger partial charge in [-0.1, -0.05) is 29.8 Å². The highest BCUT2D eigenvalue weighted by Crippen LogP contribution is 2.34. The van der Waals surface area contributed by atoms with Crippen molar-refractivity contribution in [1.82, 2.24) is 15.2 Å². The summed E-state index contributed by atoms with van der Waals surface area (Å²) < 4.78 is 1.15. The molecule has 7 heteroatoms. The number of halogens is 1. The maximum absolute atomic E-state index is 12.6. The largest absolute Gasteiger partial charge is 0.352 e. The highest BCUT2D eigenvalue weighted by Gasteiger charge is 2.25. The summed E-state index contributed by atoms with van der Waals surface area (Å²) in [6.07, 6.45) is 2.14. The van der Waals surface area contributed by atoms with E-state index >= 15 is 0 Å². The van der Waals surface area contributed by atoms with Gasteiger partial charge < -0.3 is 10.2 Å². The van der Waals surface area contributed by atoms with E-state index in [2.05, 4.69) is 5.32 Å². The van der Waals surface area contributed by atoms with Crippen molar-refractivity contribution >= 4 is 45.0 Å². The zero-order valence-electron chi connectivity index (χ0n) is 16.9. The van der Waals surface area contributed by atoms with Crippen molar-refractivity contribution in [2.45, 2.75) is 32.1 Å². The van der Waals surface area contributed by atoms with E-state index in [0.29, 0.717) is 29.5 Å². The van der Waals surface area contributed by atoms with Crippen LogP contribution >= 0.6 is 22.9 Å². The Morgan fingerprint density at radius 1 is 1.20 bits per heavy atom. The lowest BCUT2D eigenvalue weighted by Gasteiger charge is -2.31. The van der Waals surface area contributed by atoms with Gasteiger partial charge >= 0.3 is 0 Å². The summed E-state index contributed by atoms with van der Waals surface area (Å²) in [5, 5.41) is 4.69. The van der Waals surface area contributed by atoms with Crippen LogP contribution in [0.1, 0.15) is 46.1 Å². The molecule has 1 aromatic heterocycles. The van der Waals surface area contributed by atoms with E-state index in [4.69, 9.17) is 16.6 Å². The Morgan fingerprint density at radius 2 is 1.97 bits per heavy atom. The molecule has 1 fully saturated rings. The molecule has 0 unspecified atom stereocenters. The summed E-state index contributed by atoms with van der Waals surface area (Å²) in [7, 11) is 0. The first-order chi connectivity index (χ1) is 14.5. The lowest BCUT2D eigenvalue weighted by Crippen LogP contribution is -2.39. The quantitative estimate of drug-likeness (QED) is 0.619. The number of fused-ring (bicyclic) bond motifs is 1. The Kier molecular flexibility index (Phi) is 6.35. The highest BCUT2D eigenvalue weighted by molar-refractivity contribution is 7.18. The second kappa shape index (κ2) is 9.14. The molecule has 0 bridgehead atoms. The maximum atomic E-state index is 12.6. The van der Waals surface area contributed by atoms with E-state index in [1.165, 1.54) is 0 Å². The van der Waals surface area contributed by atoms with Crippen molar-refractivity contribution in [1.29, 1.82) is 0 Å². The lowest BCUT2D eigenvalue weighted by molar-refractivity contribution is -0.132. The Bertz CT molecular complexity index is 1070. The van der Waals surface area contributed by atoms with E-state index in [9.17, 15) is 9.59 Å². The Balaban J connectivity index is 1.26. The van der Waals surface area contributed by atoms with Gasteiger partial charge in [0, 0.05) is 42.6 Å². The number of likely N-dealkylation sites (tertiary alicyclic amines) is 1. The van der Waals surface area contributed by atoms with Crippen LogP contribution < -0.4 is 5.32 Å². The normalized spacial score (nSPS) is 14.8. The first-order valence-electron chi connectivity index (χ1n) is 10.2. The number of amides is 2.